The van der Waals surface area contributed by atoms with Gasteiger partial charge >= 0.3 is 0 Å². The van der Waals surface area contributed by atoms with E-state index in [0.29, 0.717) is 19.1 Å². The normalized spacial score (nSPS) is 10.8. The molecular weight excluding hydrogens is 244 g/mol. The number of hydrogen-bond acceptors (Lipinski definition) is 7. The minimum atomic E-state index is 0.0905. The van der Waals surface area contributed by atoms with Gasteiger partial charge in [-0.3, -0.25) is 0 Å². The van der Waals surface area contributed by atoms with Gasteiger partial charge in [-0.1, -0.05) is 0 Å². The summed E-state index contributed by atoms with van der Waals surface area (Å²) < 4.78 is 4.98. The van der Waals surface area contributed by atoms with Crippen LogP contribution >= 0.6 is 11.6 Å². The SMILES string of the molecule is COCCN(C)CCNc1nc(N)nc(Cl)n1. The lowest BCUT2D eigenvalue weighted by Crippen LogP contribution is -2.28. The van der Waals surface area contributed by atoms with Gasteiger partial charge in [0.2, 0.25) is 17.2 Å². The Bertz CT molecular complexity index is 330. The maximum atomic E-state index is 5.65. The topological polar surface area (TPSA) is 89.2 Å². The van der Waals surface area contributed by atoms with Gasteiger partial charge in [-0.05, 0) is 18.6 Å². The fraction of sp³-hybridized carbons (Fsp3) is 0.667. The summed E-state index contributed by atoms with van der Waals surface area (Å²) in [5, 5.41) is 3.11. The standard InChI is InChI=1S/C9H17ClN6O/c1-16(5-6-17-2)4-3-12-9-14-7(10)13-8(11)15-9/h3-6H2,1-2H3,(H3,11,12,13,14,15). The molecule has 0 aliphatic rings. The summed E-state index contributed by atoms with van der Waals surface area (Å²) >= 11 is 5.65. The molecule has 1 aromatic heterocycles. The molecule has 0 unspecified atom stereocenters. The Kier molecular flexibility index (Phi) is 5.88. The number of aromatic nitrogens is 3. The minimum Gasteiger partial charge on any atom is -0.383 e. The minimum absolute atomic E-state index is 0.0905. The van der Waals surface area contributed by atoms with E-state index in [9.17, 15) is 0 Å². The largest absolute Gasteiger partial charge is 0.383 e. The quantitative estimate of drug-likeness (QED) is 0.719. The van der Waals surface area contributed by atoms with Gasteiger partial charge in [-0.25, -0.2) is 0 Å². The van der Waals surface area contributed by atoms with E-state index in [4.69, 9.17) is 22.1 Å². The van der Waals surface area contributed by atoms with Crippen LogP contribution in [0.1, 0.15) is 0 Å². The zero-order chi connectivity index (χ0) is 12.7. The molecule has 0 atom stereocenters. The van der Waals surface area contributed by atoms with Crippen molar-refractivity contribution in [2.45, 2.75) is 0 Å². The first-order chi connectivity index (χ1) is 8.11. The number of nitrogen functional groups attached to an aromatic ring is 1. The van der Waals surface area contributed by atoms with E-state index in [-0.39, 0.29) is 11.2 Å². The number of nitrogens with two attached hydrogens (primary N) is 1. The van der Waals surface area contributed by atoms with Gasteiger partial charge in [0.1, 0.15) is 0 Å². The highest BCUT2D eigenvalue weighted by atomic mass is 35.5. The van der Waals surface area contributed by atoms with E-state index in [1.807, 2.05) is 7.05 Å². The molecule has 0 bridgehead atoms. The lowest BCUT2D eigenvalue weighted by molar-refractivity contribution is 0.163. The summed E-state index contributed by atoms with van der Waals surface area (Å²) in [4.78, 5) is 13.6. The molecule has 96 valence electrons. The number of hydrogen-bond donors (Lipinski definition) is 2. The van der Waals surface area contributed by atoms with Crippen molar-refractivity contribution >= 4 is 23.5 Å². The van der Waals surface area contributed by atoms with E-state index in [2.05, 4.69) is 25.2 Å². The molecule has 7 nitrogen and oxygen atoms in total. The Morgan fingerprint density at radius 3 is 2.76 bits per heavy atom. The Hall–Kier alpha value is -1.18. The Morgan fingerprint density at radius 1 is 1.35 bits per heavy atom. The van der Waals surface area contributed by atoms with Crippen molar-refractivity contribution in [2.75, 3.05) is 51.4 Å². The van der Waals surface area contributed by atoms with E-state index >= 15 is 0 Å². The first-order valence-corrected chi connectivity index (χ1v) is 5.58. The van der Waals surface area contributed by atoms with Gasteiger partial charge < -0.3 is 20.7 Å². The molecule has 1 rings (SSSR count). The van der Waals surface area contributed by atoms with Crippen LogP contribution in [0.4, 0.5) is 11.9 Å². The third kappa shape index (κ3) is 5.62. The smallest absolute Gasteiger partial charge is 0.228 e. The van der Waals surface area contributed by atoms with E-state index in [1.165, 1.54) is 0 Å². The van der Waals surface area contributed by atoms with Gasteiger partial charge in [0, 0.05) is 26.7 Å². The second kappa shape index (κ2) is 7.21. The van der Waals surface area contributed by atoms with Crippen molar-refractivity contribution in [3.8, 4) is 0 Å². The molecule has 0 aliphatic carbocycles. The van der Waals surface area contributed by atoms with Crippen molar-refractivity contribution in [1.29, 1.82) is 0 Å². The van der Waals surface area contributed by atoms with E-state index in [1.54, 1.807) is 7.11 Å². The average molecular weight is 261 g/mol. The van der Waals surface area contributed by atoms with Gasteiger partial charge in [0.25, 0.3) is 0 Å². The fourth-order valence-corrected chi connectivity index (χ4v) is 1.33. The van der Waals surface area contributed by atoms with Crippen molar-refractivity contribution in [3.63, 3.8) is 0 Å². The molecule has 1 heterocycles. The number of anilines is 2. The molecule has 17 heavy (non-hydrogen) atoms. The average Bonchev–Trinajstić information content (AvgIpc) is 2.25. The number of nitrogens with zero attached hydrogens (tertiary/aromatic N) is 4. The predicted octanol–water partition coefficient (Wildman–Crippen LogP) is 0.0973. The third-order valence-corrected chi connectivity index (χ3v) is 2.25. The lowest BCUT2D eigenvalue weighted by Gasteiger charge is -2.16. The van der Waals surface area contributed by atoms with Crippen LogP contribution in [0.5, 0.6) is 0 Å². The summed E-state index contributed by atoms with van der Waals surface area (Å²) in [5.41, 5.74) is 5.44. The molecule has 0 radical (unpaired) electrons. The van der Waals surface area contributed by atoms with Crippen molar-refractivity contribution in [2.24, 2.45) is 0 Å². The van der Waals surface area contributed by atoms with Crippen LogP contribution in [0.3, 0.4) is 0 Å². The van der Waals surface area contributed by atoms with Crippen LogP contribution in [0, 0.1) is 0 Å². The van der Waals surface area contributed by atoms with Crippen LogP contribution in [0.15, 0.2) is 0 Å². The Balaban J connectivity index is 2.30. The number of halogens is 1. The molecule has 0 saturated carbocycles. The van der Waals surface area contributed by atoms with Gasteiger partial charge in [0.15, 0.2) is 0 Å². The Labute approximate surface area is 105 Å². The summed E-state index contributed by atoms with van der Waals surface area (Å²) in [6, 6.07) is 0. The molecule has 8 heteroatoms. The van der Waals surface area contributed by atoms with Crippen LogP contribution in [0.2, 0.25) is 5.28 Å². The molecule has 0 spiro atoms. The summed E-state index contributed by atoms with van der Waals surface area (Å²) in [6.07, 6.45) is 0. The van der Waals surface area contributed by atoms with Crippen molar-refractivity contribution in [3.05, 3.63) is 5.28 Å². The highest BCUT2D eigenvalue weighted by Crippen LogP contribution is 2.06. The lowest BCUT2D eigenvalue weighted by atomic mass is 10.5. The molecular formula is C9H17ClN6O. The maximum absolute atomic E-state index is 5.65. The van der Waals surface area contributed by atoms with Gasteiger partial charge in [-0.2, -0.15) is 15.0 Å². The molecule has 0 aromatic carbocycles. The zero-order valence-electron chi connectivity index (χ0n) is 9.98. The predicted molar refractivity (Wildman–Crippen MR) is 67.1 cm³/mol. The molecule has 0 saturated heterocycles. The Morgan fingerprint density at radius 2 is 2.12 bits per heavy atom. The number of nitrogens with one attached hydrogen (secondary N) is 1. The van der Waals surface area contributed by atoms with Crippen LogP contribution < -0.4 is 11.1 Å². The zero-order valence-corrected chi connectivity index (χ0v) is 10.7. The molecule has 3 N–H and O–H groups in total. The van der Waals surface area contributed by atoms with Crippen LogP contribution in [-0.2, 0) is 4.74 Å². The molecule has 0 fully saturated rings. The first kappa shape index (κ1) is 13.9. The summed E-state index contributed by atoms with van der Waals surface area (Å²) in [7, 11) is 3.69. The highest BCUT2D eigenvalue weighted by Gasteiger charge is 2.02. The number of ether oxygens (including phenoxy) is 1. The molecule has 1 aromatic rings. The first-order valence-electron chi connectivity index (χ1n) is 5.20. The second-order valence-electron chi connectivity index (χ2n) is 3.51. The van der Waals surface area contributed by atoms with Gasteiger partial charge in [0.05, 0.1) is 6.61 Å². The molecule has 0 amide bonds. The van der Waals surface area contributed by atoms with Gasteiger partial charge in [-0.15, -0.1) is 0 Å². The summed E-state index contributed by atoms with van der Waals surface area (Å²) in [6.45, 7) is 3.12. The number of rotatable bonds is 7. The third-order valence-electron chi connectivity index (χ3n) is 2.08. The second-order valence-corrected chi connectivity index (χ2v) is 3.85. The number of likely N-dealkylation sites (N-methyl/N-ethyl adjacent to an activating group) is 1. The van der Waals surface area contributed by atoms with Crippen molar-refractivity contribution < 1.29 is 4.74 Å². The maximum Gasteiger partial charge on any atom is 0.228 e. The van der Waals surface area contributed by atoms with E-state index in [0.717, 1.165) is 13.1 Å². The molecule has 0 aliphatic heterocycles. The van der Waals surface area contributed by atoms with Crippen molar-refractivity contribution in [1.82, 2.24) is 19.9 Å². The number of methoxy groups -OCH3 is 1. The van der Waals surface area contributed by atoms with Crippen LogP contribution in [0.25, 0.3) is 0 Å². The van der Waals surface area contributed by atoms with Crippen LogP contribution in [-0.4, -0.2) is 60.3 Å². The van der Waals surface area contributed by atoms with E-state index < -0.39 is 0 Å². The highest BCUT2D eigenvalue weighted by molar-refractivity contribution is 6.28. The summed E-state index contributed by atoms with van der Waals surface area (Å²) in [5.74, 6) is 0.503. The fourth-order valence-electron chi connectivity index (χ4n) is 1.16. The monoisotopic (exact) mass is 260 g/mol.